The highest BCUT2D eigenvalue weighted by atomic mass is 35.5. The quantitative estimate of drug-likeness (QED) is 0.396. The zero-order valence-corrected chi connectivity index (χ0v) is 19.6. The molecule has 1 fully saturated rings. The Hall–Kier alpha value is -3.02. The first-order valence-electron chi connectivity index (χ1n) is 11.5. The number of fused-ring (bicyclic) bond motifs is 3. The maximum Gasteiger partial charge on any atom is 0.260 e. The number of carbonyl (C=O) groups is 1. The minimum atomic E-state index is 0.0263. The van der Waals surface area contributed by atoms with Crippen molar-refractivity contribution in [3.63, 3.8) is 0 Å². The summed E-state index contributed by atoms with van der Waals surface area (Å²) in [6, 6.07) is 22.5. The van der Waals surface area contributed by atoms with Crippen LogP contribution in [0.2, 0.25) is 5.02 Å². The summed E-state index contributed by atoms with van der Waals surface area (Å²) >= 11 is 5.89. The number of amides is 1. The first-order valence-corrected chi connectivity index (χ1v) is 11.9. The van der Waals surface area contributed by atoms with Gasteiger partial charge in [0.1, 0.15) is 5.75 Å². The van der Waals surface area contributed by atoms with Gasteiger partial charge < -0.3 is 14.2 Å². The van der Waals surface area contributed by atoms with Gasteiger partial charge in [0.25, 0.3) is 5.91 Å². The van der Waals surface area contributed by atoms with Crippen molar-refractivity contribution in [1.82, 2.24) is 14.4 Å². The average molecular weight is 462 g/mol. The number of para-hydroxylation sites is 1. The second kappa shape index (κ2) is 9.46. The molecule has 1 amide bonds. The number of ether oxygens (including phenoxy) is 1. The Kier molecular flexibility index (Phi) is 6.25. The van der Waals surface area contributed by atoms with Crippen molar-refractivity contribution in [3.8, 4) is 5.75 Å². The molecule has 0 bridgehead atoms. The van der Waals surface area contributed by atoms with Crippen LogP contribution in [0, 0.1) is 0 Å². The van der Waals surface area contributed by atoms with E-state index in [1.165, 1.54) is 27.4 Å². The number of halogens is 1. The van der Waals surface area contributed by atoms with Gasteiger partial charge in [-0.05, 0) is 55.0 Å². The van der Waals surface area contributed by atoms with Crippen LogP contribution in [-0.2, 0) is 17.9 Å². The maximum absolute atomic E-state index is 12.6. The number of hydrogen-bond acceptors (Lipinski definition) is 3. The molecule has 2 heterocycles. The molecule has 0 spiro atoms. The molecule has 4 aromatic rings. The second-order valence-corrected chi connectivity index (χ2v) is 8.95. The molecule has 170 valence electrons. The second-order valence-electron chi connectivity index (χ2n) is 8.51. The van der Waals surface area contributed by atoms with E-state index in [2.05, 4.69) is 58.9 Å². The SMILES string of the molecule is CCn1c2ccccc2c2cc(CN3CCN(C(=O)COc4ccc(Cl)cc4)CC3)ccc21. The van der Waals surface area contributed by atoms with Gasteiger partial charge in [-0.2, -0.15) is 0 Å². The average Bonchev–Trinajstić information content (AvgIpc) is 3.17. The van der Waals surface area contributed by atoms with E-state index in [0.717, 1.165) is 39.3 Å². The number of carbonyl (C=O) groups excluding carboxylic acids is 1. The Balaban J connectivity index is 1.20. The van der Waals surface area contributed by atoms with Crippen molar-refractivity contribution in [2.24, 2.45) is 0 Å². The van der Waals surface area contributed by atoms with Crippen molar-refractivity contribution in [1.29, 1.82) is 0 Å². The molecule has 0 atom stereocenters. The number of aryl methyl sites for hydroxylation is 1. The summed E-state index contributed by atoms with van der Waals surface area (Å²) in [4.78, 5) is 16.9. The summed E-state index contributed by atoms with van der Waals surface area (Å²) in [5.74, 6) is 0.685. The van der Waals surface area contributed by atoms with Crippen LogP contribution in [0.4, 0.5) is 0 Å². The lowest BCUT2D eigenvalue weighted by Crippen LogP contribution is -2.49. The molecule has 1 aromatic heterocycles. The summed E-state index contributed by atoms with van der Waals surface area (Å²) in [6.45, 7) is 7.27. The molecule has 5 nitrogen and oxygen atoms in total. The fourth-order valence-electron chi connectivity index (χ4n) is 4.72. The van der Waals surface area contributed by atoms with Gasteiger partial charge in [0.15, 0.2) is 6.61 Å². The van der Waals surface area contributed by atoms with Crippen LogP contribution >= 0.6 is 11.6 Å². The Morgan fingerprint density at radius 2 is 1.64 bits per heavy atom. The molecule has 0 saturated carbocycles. The number of rotatable bonds is 6. The summed E-state index contributed by atoms with van der Waals surface area (Å²) in [5, 5.41) is 3.28. The van der Waals surface area contributed by atoms with Gasteiger partial charge in [-0.3, -0.25) is 9.69 Å². The van der Waals surface area contributed by atoms with Gasteiger partial charge in [-0.25, -0.2) is 0 Å². The predicted octanol–water partition coefficient (Wildman–Crippen LogP) is 5.19. The molecule has 33 heavy (non-hydrogen) atoms. The maximum atomic E-state index is 12.6. The number of aromatic nitrogens is 1. The van der Waals surface area contributed by atoms with E-state index < -0.39 is 0 Å². The lowest BCUT2D eigenvalue weighted by molar-refractivity contribution is -0.135. The molecule has 0 unspecified atom stereocenters. The molecular formula is C27H28ClN3O2. The van der Waals surface area contributed by atoms with E-state index in [1.807, 2.05) is 4.90 Å². The van der Waals surface area contributed by atoms with Crippen molar-refractivity contribution >= 4 is 39.3 Å². The molecule has 1 aliphatic rings. The first-order chi connectivity index (χ1) is 16.1. The van der Waals surface area contributed by atoms with Crippen LogP contribution < -0.4 is 4.74 Å². The molecule has 6 heteroatoms. The van der Waals surface area contributed by atoms with Crippen molar-refractivity contribution < 1.29 is 9.53 Å². The fraction of sp³-hybridized carbons (Fsp3) is 0.296. The molecular weight excluding hydrogens is 434 g/mol. The zero-order valence-electron chi connectivity index (χ0n) is 18.8. The third-order valence-corrected chi connectivity index (χ3v) is 6.71. The lowest BCUT2D eigenvalue weighted by atomic mass is 10.1. The largest absolute Gasteiger partial charge is 0.484 e. The normalized spacial score (nSPS) is 14.8. The molecule has 0 N–H and O–H groups in total. The van der Waals surface area contributed by atoms with Crippen LogP contribution in [0.5, 0.6) is 5.75 Å². The van der Waals surface area contributed by atoms with E-state index in [1.54, 1.807) is 24.3 Å². The summed E-state index contributed by atoms with van der Waals surface area (Å²) in [7, 11) is 0. The first kappa shape index (κ1) is 21.8. The minimum absolute atomic E-state index is 0.0263. The van der Waals surface area contributed by atoms with Gasteiger partial charge >= 0.3 is 0 Å². The van der Waals surface area contributed by atoms with Crippen LogP contribution in [0.15, 0.2) is 66.7 Å². The zero-order chi connectivity index (χ0) is 22.8. The van der Waals surface area contributed by atoms with Gasteiger partial charge in [0, 0.05) is 66.1 Å². The summed E-state index contributed by atoms with van der Waals surface area (Å²) in [5.41, 5.74) is 3.89. The third-order valence-electron chi connectivity index (χ3n) is 6.46. The number of nitrogens with zero attached hydrogens (tertiary/aromatic N) is 3. The Morgan fingerprint density at radius 3 is 2.39 bits per heavy atom. The van der Waals surface area contributed by atoms with E-state index in [-0.39, 0.29) is 12.5 Å². The van der Waals surface area contributed by atoms with Crippen LogP contribution in [0.25, 0.3) is 21.8 Å². The van der Waals surface area contributed by atoms with E-state index >= 15 is 0 Å². The number of hydrogen-bond donors (Lipinski definition) is 0. The molecule has 3 aromatic carbocycles. The van der Waals surface area contributed by atoms with Crippen LogP contribution in [-0.4, -0.2) is 53.1 Å². The van der Waals surface area contributed by atoms with Gasteiger partial charge in [0.2, 0.25) is 0 Å². The standard InChI is InChI=1S/C27H28ClN3O2/c1-2-31-25-6-4-3-5-23(25)24-17-20(7-12-26(24)31)18-29-13-15-30(16-14-29)27(32)19-33-22-10-8-21(28)9-11-22/h3-12,17H,2,13-16,18-19H2,1H3. The summed E-state index contributed by atoms with van der Waals surface area (Å²) in [6.07, 6.45) is 0. The lowest BCUT2D eigenvalue weighted by Gasteiger charge is -2.34. The minimum Gasteiger partial charge on any atom is -0.484 e. The molecule has 0 radical (unpaired) electrons. The topological polar surface area (TPSA) is 37.7 Å². The van der Waals surface area contributed by atoms with E-state index in [9.17, 15) is 4.79 Å². The smallest absolute Gasteiger partial charge is 0.260 e. The van der Waals surface area contributed by atoms with Crippen LogP contribution in [0.1, 0.15) is 12.5 Å². The van der Waals surface area contributed by atoms with E-state index in [4.69, 9.17) is 16.3 Å². The molecule has 1 aliphatic heterocycles. The Labute approximate surface area is 199 Å². The molecule has 0 aliphatic carbocycles. The van der Waals surface area contributed by atoms with Crippen molar-refractivity contribution in [2.45, 2.75) is 20.0 Å². The highest BCUT2D eigenvalue weighted by Gasteiger charge is 2.22. The highest BCUT2D eigenvalue weighted by Crippen LogP contribution is 2.30. The van der Waals surface area contributed by atoms with Gasteiger partial charge in [-0.1, -0.05) is 35.9 Å². The molecule has 1 saturated heterocycles. The third kappa shape index (κ3) is 4.56. The number of benzene rings is 3. The monoisotopic (exact) mass is 461 g/mol. The fourth-order valence-corrected chi connectivity index (χ4v) is 4.85. The highest BCUT2D eigenvalue weighted by molar-refractivity contribution is 6.30. The Morgan fingerprint density at radius 1 is 0.909 bits per heavy atom. The number of piperazine rings is 1. The van der Waals surface area contributed by atoms with Crippen LogP contribution in [0.3, 0.4) is 0 Å². The predicted molar refractivity (Wildman–Crippen MR) is 134 cm³/mol. The van der Waals surface area contributed by atoms with Gasteiger partial charge in [-0.15, -0.1) is 0 Å². The van der Waals surface area contributed by atoms with Gasteiger partial charge in [0.05, 0.1) is 0 Å². The summed E-state index contributed by atoms with van der Waals surface area (Å²) < 4.78 is 8.00. The van der Waals surface area contributed by atoms with Crippen molar-refractivity contribution in [3.05, 3.63) is 77.3 Å². The van der Waals surface area contributed by atoms with E-state index in [0.29, 0.717) is 10.8 Å². The van der Waals surface area contributed by atoms with Crippen molar-refractivity contribution in [2.75, 3.05) is 32.8 Å². The Bertz CT molecular complexity index is 1270. The molecule has 5 rings (SSSR count).